The maximum atomic E-state index is 6.23. The average molecular weight is 471 g/mol. The van der Waals surface area contributed by atoms with Crippen molar-refractivity contribution in [3.8, 4) is 11.5 Å². The van der Waals surface area contributed by atoms with Crippen LogP contribution < -0.4 is 9.47 Å². The van der Waals surface area contributed by atoms with E-state index in [9.17, 15) is 0 Å². The van der Waals surface area contributed by atoms with E-state index in [-0.39, 0.29) is 11.1 Å². The van der Waals surface area contributed by atoms with Crippen LogP contribution in [0.4, 0.5) is 0 Å². The molecule has 0 fully saturated rings. The lowest BCUT2D eigenvalue weighted by molar-refractivity contribution is 0.138. The Balaban J connectivity index is 2.27. The minimum atomic E-state index is 0.139. The second-order valence-corrected chi connectivity index (χ2v) is 7.92. The lowest BCUT2D eigenvalue weighted by atomic mass is 10.1. The summed E-state index contributed by atoms with van der Waals surface area (Å²) in [7, 11) is 0. The molecule has 158 valence electrons. The first-order chi connectivity index (χ1) is 13.5. The Morgan fingerprint density at radius 2 is 1.64 bits per heavy atom. The Bertz CT molecular complexity index is 607. The zero-order valence-corrected chi connectivity index (χ0v) is 19.3. The molecule has 0 aliphatic heterocycles. The fraction of sp³-hybridized carbons (Fsp3) is 0.550. The highest BCUT2D eigenvalue weighted by molar-refractivity contribution is 6.55. The molecular weight excluding hydrogens is 444 g/mol. The van der Waals surface area contributed by atoms with Gasteiger partial charge in [0.05, 0.1) is 16.7 Å². The number of nitrogens with zero attached hydrogens (tertiary/aromatic N) is 1. The molecule has 0 aliphatic rings. The SMILES string of the molecule is CCC(/C=N/OCCCCCOc1c(Cl)cc(OCC=C(Cl)Cl)cc1Cl)CC. The molecule has 0 bridgehead atoms. The summed E-state index contributed by atoms with van der Waals surface area (Å²) in [6, 6.07) is 3.29. The number of hydrogen-bond acceptors (Lipinski definition) is 4. The number of hydrogen-bond donors (Lipinski definition) is 0. The van der Waals surface area contributed by atoms with E-state index in [0.717, 1.165) is 32.1 Å². The molecule has 1 aromatic rings. The van der Waals surface area contributed by atoms with Crippen molar-refractivity contribution in [1.29, 1.82) is 0 Å². The van der Waals surface area contributed by atoms with Gasteiger partial charge in [0.1, 0.15) is 23.5 Å². The van der Waals surface area contributed by atoms with Crippen molar-refractivity contribution < 1.29 is 14.3 Å². The maximum absolute atomic E-state index is 6.23. The molecule has 0 heterocycles. The van der Waals surface area contributed by atoms with Gasteiger partial charge in [-0.25, -0.2) is 0 Å². The van der Waals surface area contributed by atoms with E-state index in [1.807, 2.05) is 6.21 Å². The molecule has 0 aromatic heterocycles. The molecule has 0 saturated heterocycles. The van der Waals surface area contributed by atoms with E-state index in [1.54, 1.807) is 12.1 Å². The summed E-state index contributed by atoms with van der Waals surface area (Å²) in [6.07, 6.45) is 8.31. The van der Waals surface area contributed by atoms with Crippen LogP contribution in [0.5, 0.6) is 11.5 Å². The molecule has 8 heteroatoms. The van der Waals surface area contributed by atoms with Crippen molar-refractivity contribution in [1.82, 2.24) is 0 Å². The lowest BCUT2D eigenvalue weighted by Crippen LogP contribution is -2.01. The van der Waals surface area contributed by atoms with Crippen molar-refractivity contribution in [2.24, 2.45) is 11.1 Å². The quantitative estimate of drug-likeness (QED) is 0.159. The standard InChI is InChI=1S/C20H27Cl4NO3/c1-3-15(4-2)14-25-28-10-7-5-6-9-27-20-17(21)12-16(13-18(20)22)26-11-8-19(23)24/h8,12-15H,3-7,9-11H2,1-2H3/b25-14+. The molecular formula is C20H27Cl4NO3. The van der Waals surface area contributed by atoms with Gasteiger partial charge in [0, 0.05) is 18.3 Å². The first-order valence-electron chi connectivity index (χ1n) is 9.39. The van der Waals surface area contributed by atoms with Gasteiger partial charge < -0.3 is 14.3 Å². The minimum Gasteiger partial charge on any atom is -0.490 e. The van der Waals surface area contributed by atoms with Crippen LogP contribution in [0.3, 0.4) is 0 Å². The molecule has 4 nitrogen and oxygen atoms in total. The Morgan fingerprint density at radius 3 is 2.25 bits per heavy atom. The van der Waals surface area contributed by atoms with Gasteiger partial charge in [0.2, 0.25) is 0 Å². The first kappa shape index (κ1) is 25.2. The number of ether oxygens (including phenoxy) is 2. The first-order valence-corrected chi connectivity index (χ1v) is 10.9. The van der Waals surface area contributed by atoms with Crippen LogP contribution in [0.1, 0.15) is 46.0 Å². The van der Waals surface area contributed by atoms with Crippen molar-refractivity contribution in [3.63, 3.8) is 0 Å². The molecule has 0 spiro atoms. The van der Waals surface area contributed by atoms with Gasteiger partial charge in [-0.15, -0.1) is 0 Å². The van der Waals surface area contributed by atoms with Crippen LogP contribution in [0.2, 0.25) is 10.0 Å². The third-order valence-corrected chi connectivity index (χ3v) is 4.85. The fourth-order valence-corrected chi connectivity index (χ4v) is 2.96. The van der Waals surface area contributed by atoms with E-state index in [1.165, 1.54) is 6.08 Å². The molecule has 0 saturated carbocycles. The van der Waals surface area contributed by atoms with Crippen molar-refractivity contribution >= 4 is 52.6 Å². The number of oxime groups is 1. The van der Waals surface area contributed by atoms with Crippen molar-refractivity contribution in [2.75, 3.05) is 19.8 Å². The number of halogens is 4. The normalized spacial score (nSPS) is 11.1. The zero-order chi connectivity index (χ0) is 20.8. The molecule has 28 heavy (non-hydrogen) atoms. The minimum absolute atomic E-state index is 0.139. The van der Waals surface area contributed by atoms with Crippen LogP contribution in [0.15, 0.2) is 27.9 Å². The maximum Gasteiger partial charge on any atom is 0.156 e. The van der Waals surface area contributed by atoms with E-state index >= 15 is 0 Å². The summed E-state index contributed by atoms with van der Waals surface area (Å²) in [4.78, 5) is 5.28. The van der Waals surface area contributed by atoms with Crippen LogP contribution in [-0.2, 0) is 4.84 Å². The summed E-state index contributed by atoms with van der Waals surface area (Å²) < 4.78 is 11.3. The Morgan fingerprint density at radius 1 is 1.00 bits per heavy atom. The number of benzene rings is 1. The number of unbranched alkanes of at least 4 members (excludes halogenated alkanes) is 2. The van der Waals surface area contributed by atoms with Gasteiger partial charge in [-0.05, 0) is 44.1 Å². The average Bonchev–Trinajstić information content (AvgIpc) is 2.65. The molecule has 0 atom stereocenters. The molecule has 0 amide bonds. The van der Waals surface area contributed by atoms with E-state index in [4.69, 9.17) is 60.7 Å². The third kappa shape index (κ3) is 10.7. The molecule has 0 unspecified atom stereocenters. The zero-order valence-electron chi connectivity index (χ0n) is 16.2. The van der Waals surface area contributed by atoms with E-state index in [2.05, 4.69) is 19.0 Å². The number of rotatable bonds is 14. The Labute approximate surface area is 187 Å². The molecule has 0 radical (unpaired) electrons. The van der Waals surface area contributed by atoms with Gasteiger partial charge in [-0.3, -0.25) is 0 Å². The van der Waals surface area contributed by atoms with Crippen LogP contribution in [0, 0.1) is 5.92 Å². The molecule has 0 aliphatic carbocycles. The molecule has 0 N–H and O–H groups in total. The summed E-state index contributed by atoms with van der Waals surface area (Å²) in [5.74, 6) is 1.46. The van der Waals surface area contributed by atoms with Crippen molar-refractivity contribution in [2.45, 2.75) is 46.0 Å². The van der Waals surface area contributed by atoms with Crippen LogP contribution in [-0.4, -0.2) is 26.0 Å². The third-order valence-electron chi connectivity index (χ3n) is 3.98. The molecule has 1 aromatic carbocycles. The smallest absolute Gasteiger partial charge is 0.156 e. The van der Waals surface area contributed by atoms with Gasteiger partial charge in [-0.1, -0.05) is 65.4 Å². The van der Waals surface area contributed by atoms with Gasteiger partial charge in [0.15, 0.2) is 5.75 Å². The lowest BCUT2D eigenvalue weighted by Gasteiger charge is -2.12. The van der Waals surface area contributed by atoms with Gasteiger partial charge in [-0.2, -0.15) is 0 Å². The summed E-state index contributed by atoms with van der Waals surface area (Å²) >= 11 is 23.5. The molecule has 1 rings (SSSR count). The second kappa shape index (κ2) is 15.1. The summed E-state index contributed by atoms with van der Waals surface area (Å²) in [5, 5.41) is 4.80. The predicted molar refractivity (Wildman–Crippen MR) is 120 cm³/mol. The summed E-state index contributed by atoms with van der Waals surface area (Å²) in [5.41, 5.74) is 0. The van der Waals surface area contributed by atoms with Crippen LogP contribution >= 0.6 is 46.4 Å². The van der Waals surface area contributed by atoms with Gasteiger partial charge >= 0.3 is 0 Å². The highest BCUT2D eigenvalue weighted by atomic mass is 35.5. The van der Waals surface area contributed by atoms with Gasteiger partial charge in [0.25, 0.3) is 0 Å². The van der Waals surface area contributed by atoms with E-state index in [0.29, 0.717) is 40.7 Å². The van der Waals surface area contributed by atoms with Crippen molar-refractivity contribution in [3.05, 3.63) is 32.7 Å². The predicted octanol–water partition coefficient (Wildman–Crippen LogP) is 7.68. The Hall–Kier alpha value is -0.810. The van der Waals surface area contributed by atoms with Crippen LogP contribution in [0.25, 0.3) is 0 Å². The topological polar surface area (TPSA) is 40.0 Å². The fourth-order valence-electron chi connectivity index (χ4n) is 2.26. The second-order valence-electron chi connectivity index (χ2n) is 6.09. The van der Waals surface area contributed by atoms with E-state index < -0.39 is 0 Å². The summed E-state index contributed by atoms with van der Waals surface area (Å²) in [6.45, 7) is 5.63. The highest BCUT2D eigenvalue weighted by Gasteiger charge is 2.10. The Kier molecular flexibility index (Phi) is 13.6. The largest absolute Gasteiger partial charge is 0.490 e. The monoisotopic (exact) mass is 469 g/mol. The highest BCUT2D eigenvalue weighted by Crippen LogP contribution is 2.37.